The summed E-state index contributed by atoms with van der Waals surface area (Å²) in [4.78, 5) is 20.1. The first kappa shape index (κ1) is 22.6. The van der Waals surface area contributed by atoms with E-state index in [0.29, 0.717) is 59.7 Å². The number of anilines is 1. The summed E-state index contributed by atoms with van der Waals surface area (Å²) in [6.07, 6.45) is 0. The summed E-state index contributed by atoms with van der Waals surface area (Å²) < 4.78 is 29.6. The van der Waals surface area contributed by atoms with Gasteiger partial charge in [-0.15, -0.1) is 0 Å². The summed E-state index contributed by atoms with van der Waals surface area (Å²) in [7, 11) is 0. The Morgan fingerprint density at radius 2 is 1.85 bits per heavy atom. The number of aromatic amines is 1. The van der Waals surface area contributed by atoms with E-state index >= 15 is 0 Å². The first-order chi connectivity index (χ1) is 16.5. The van der Waals surface area contributed by atoms with Gasteiger partial charge in [0.05, 0.1) is 25.3 Å². The molecule has 178 valence electrons. The predicted molar refractivity (Wildman–Crippen MR) is 131 cm³/mol. The van der Waals surface area contributed by atoms with E-state index in [1.54, 1.807) is 18.2 Å². The SMILES string of the molecule is O=c1[nH]c2cc3c(cc2cc1CN(CCN1CCOCC1)C(=S)Nc1ccc(F)cc1)OCO3. The second-order valence-electron chi connectivity index (χ2n) is 8.23. The summed E-state index contributed by atoms with van der Waals surface area (Å²) in [6.45, 7) is 5.01. The maximum atomic E-state index is 13.3. The van der Waals surface area contributed by atoms with Crippen LogP contribution in [0.3, 0.4) is 0 Å². The molecule has 0 amide bonds. The molecule has 5 rings (SSSR count). The summed E-state index contributed by atoms with van der Waals surface area (Å²) in [5.41, 5.74) is 1.76. The Morgan fingerprint density at radius 1 is 1.12 bits per heavy atom. The highest BCUT2D eigenvalue weighted by Gasteiger charge is 2.19. The maximum Gasteiger partial charge on any atom is 0.253 e. The lowest BCUT2D eigenvalue weighted by atomic mass is 10.1. The van der Waals surface area contributed by atoms with E-state index in [2.05, 4.69) is 15.2 Å². The number of hydrogen-bond donors (Lipinski definition) is 2. The molecule has 2 aromatic carbocycles. The monoisotopic (exact) mass is 484 g/mol. The highest BCUT2D eigenvalue weighted by molar-refractivity contribution is 7.80. The van der Waals surface area contributed by atoms with Gasteiger partial charge in [-0.3, -0.25) is 9.69 Å². The number of thiocarbonyl (C=S) groups is 1. The first-order valence-corrected chi connectivity index (χ1v) is 11.5. The van der Waals surface area contributed by atoms with Gasteiger partial charge in [0.1, 0.15) is 5.82 Å². The van der Waals surface area contributed by atoms with Gasteiger partial charge in [0, 0.05) is 48.9 Å². The number of morpholine rings is 1. The molecule has 2 aliphatic rings. The maximum absolute atomic E-state index is 13.3. The molecule has 2 aliphatic heterocycles. The molecule has 0 atom stereocenters. The lowest BCUT2D eigenvalue weighted by molar-refractivity contribution is 0.0358. The molecule has 0 saturated carbocycles. The highest BCUT2D eigenvalue weighted by atomic mass is 32.1. The van der Waals surface area contributed by atoms with E-state index in [0.717, 1.165) is 25.0 Å². The van der Waals surface area contributed by atoms with Crippen LogP contribution in [0.2, 0.25) is 0 Å². The number of halogens is 1. The molecule has 10 heteroatoms. The average Bonchev–Trinajstić information content (AvgIpc) is 3.30. The number of rotatable bonds is 6. The third kappa shape index (κ3) is 5.14. The molecule has 3 heterocycles. The van der Waals surface area contributed by atoms with Crippen molar-refractivity contribution in [1.82, 2.24) is 14.8 Å². The number of ether oxygens (including phenoxy) is 3. The van der Waals surface area contributed by atoms with Gasteiger partial charge in [0.2, 0.25) is 6.79 Å². The van der Waals surface area contributed by atoms with Crippen molar-refractivity contribution in [2.24, 2.45) is 0 Å². The van der Waals surface area contributed by atoms with Gasteiger partial charge in [-0.2, -0.15) is 0 Å². The Balaban J connectivity index is 1.38. The van der Waals surface area contributed by atoms with Gasteiger partial charge in [-0.05, 0) is 48.6 Å². The van der Waals surface area contributed by atoms with E-state index in [1.807, 2.05) is 17.0 Å². The predicted octanol–water partition coefficient (Wildman–Crippen LogP) is 2.93. The third-order valence-corrected chi connectivity index (χ3v) is 6.31. The molecule has 3 aromatic rings. The summed E-state index contributed by atoms with van der Waals surface area (Å²) in [5, 5.41) is 4.48. The first-order valence-electron chi connectivity index (χ1n) is 11.1. The molecule has 0 bridgehead atoms. The topological polar surface area (TPSA) is 79.1 Å². The molecule has 2 N–H and O–H groups in total. The van der Waals surface area contributed by atoms with Crippen LogP contribution in [0.15, 0.2) is 47.3 Å². The lowest BCUT2D eigenvalue weighted by Gasteiger charge is -2.31. The van der Waals surface area contributed by atoms with Crippen LogP contribution in [0, 0.1) is 5.82 Å². The quantitative estimate of drug-likeness (QED) is 0.517. The molecular weight excluding hydrogens is 459 g/mol. The zero-order valence-electron chi connectivity index (χ0n) is 18.5. The largest absolute Gasteiger partial charge is 0.454 e. The molecule has 0 radical (unpaired) electrons. The molecule has 1 saturated heterocycles. The second kappa shape index (κ2) is 9.96. The van der Waals surface area contributed by atoms with Crippen LogP contribution < -0.4 is 20.3 Å². The lowest BCUT2D eigenvalue weighted by Crippen LogP contribution is -2.44. The molecule has 1 fully saturated rings. The van der Waals surface area contributed by atoms with Crippen LogP contribution in [0.4, 0.5) is 10.1 Å². The van der Waals surface area contributed by atoms with Crippen LogP contribution in [0.25, 0.3) is 10.9 Å². The van der Waals surface area contributed by atoms with Crippen LogP contribution >= 0.6 is 12.2 Å². The molecular formula is C24H25FN4O4S. The van der Waals surface area contributed by atoms with Crippen molar-refractivity contribution < 1.29 is 18.6 Å². The van der Waals surface area contributed by atoms with Crippen molar-refractivity contribution in [2.75, 3.05) is 51.5 Å². The van der Waals surface area contributed by atoms with Gasteiger partial charge in [0.15, 0.2) is 16.6 Å². The number of nitrogens with one attached hydrogen (secondary N) is 2. The van der Waals surface area contributed by atoms with Crippen molar-refractivity contribution in [1.29, 1.82) is 0 Å². The summed E-state index contributed by atoms with van der Waals surface area (Å²) in [6, 6.07) is 11.5. The number of fused-ring (bicyclic) bond motifs is 2. The second-order valence-corrected chi connectivity index (χ2v) is 8.62. The minimum absolute atomic E-state index is 0.168. The van der Waals surface area contributed by atoms with Crippen molar-refractivity contribution in [3.05, 3.63) is 64.2 Å². The van der Waals surface area contributed by atoms with E-state index in [9.17, 15) is 9.18 Å². The van der Waals surface area contributed by atoms with Gasteiger partial charge in [-0.1, -0.05) is 0 Å². The molecule has 0 unspecified atom stereocenters. The van der Waals surface area contributed by atoms with Crippen LogP contribution in [-0.4, -0.2) is 66.1 Å². The number of hydrogen-bond acceptors (Lipinski definition) is 6. The molecule has 1 aromatic heterocycles. The Hall–Kier alpha value is -3.21. The number of aromatic nitrogens is 1. The fourth-order valence-electron chi connectivity index (χ4n) is 4.04. The van der Waals surface area contributed by atoms with Crippen LogP contribution in [0.1, 0.15) is 5.56 Å². The fourth-order valence-corrected chi connectivity index (χ4v) is 4.31. The van der Waals surface area contributed by atoms with Crippen molar-refractivity contribution in [2.45, 2.75) is 6.54 Å². The van der Waals surface area contributed by atoms with Crippen molar-refractivity contribution in [3.63, 3.8) is 0 Å². The Labute approximate surface area is 201 Å². The number of H-pyrrole nitrogens is 1. The molecule has 34 heavy (non-hydrogen) atoms. The minimum Gasteiger partial charge on any atom is -0.454 e. The van der Waals surface area contributed by atoms with Crippen molar-refractivity contribution >= 4 is 33.9 Å². The van der Waals surface area contributed by atoms with E-state index in [1.165, 1.54) is 12.1 Å². The van der Waals surface area contributed by atoms with Gasteiger partial charge >= 0.3 is 0 Å². The summed E-state index contributed by atoms with van der Waals surface area (Å²) >= 11 is 5.69. The Bertz CT molecular complexity index is 1240. The average molecular weight is 485 g/mol. The Morgan fingerprint density at radius 3 is 2.62 bits per heavy atom. The number of benzene rings is 2. The highest BCUT2D eigenvalue weighted by Crippen LogP contribution is 2.35. The normalized spacial score (nSPS) is 15.4. The van der Waals surface area contributed by atoms with E-state index in [-0.39, 0.29) is 18.2 Å². The Kier molecular flexibility index (Phi) is 6.61. The minimum atomic E-state index is -0.316. The number of nitrogens with zero attached hydrogens (tertiary/aromatic N) is 2. The fraction of sp³-hybridized carbons (Fsp3) is 0.333. The van der Waals surface area contributed by atoms with E-state index < -0.39 is 0 Å². The third-order valence-electron chi connectivity index (χ3n) is 5.95. The standard InChI is InChI=1S/C24H25FN4O4S/c25-18-1-3-19(4-2-18)26-24(34)29(6-5-28-7-9-31-10-8-28)14-17-11-16-12-21-22(33-15-32-21)13-20(16)27-23(17)30/h1-4,11-13H,5-10,14-15H2,(H,26,34)(H,27,30). The zero-order valence-corrected chi connectivity index (χ0v) is 19.3. The smallest absolute Gasteiger partial charge is 0.253 e. The summed E-state index contributed by atoms with van der Waals surface area (Å²) in [5.74, 6) is 0.958. The number of pyridine rings is 1. The van der Waals surface area contributed by atoms with Gasteiger partial charge in [0.25, 0.3) is 5.56 Å². The van der Waals surface area contributed by atoms with Gasteiger partial charge in [-0.25, -0.2) is 4.39 Å². The van der Waals surface area contributed by atoms with Crippen molar-refractivity contribution in [3.8, 4) is 11.5 Å². The molecule has 0 spiro atoms. The molecule has 8 nitrogen and oxygen atoms in total. The van der Waals surface area contributed by atoms with E-state index in [4.69, 9.17) is 26.4 Å². The zero-order chi connectivity index (χ0) is 23.5. The van der Waals surface area contributed by atoms with Crippen LogP contribution in [0.5, 0.6) is 11.5 Å². The molecule has 0 aliphatic carbocycles. The van der Waals surface area contributed by atoms with Crippen LogP contribution in [-0.2, 0) is 11.3 Å². The van der Waals surface area contributed by atoms with Gasteiger partial charge < -0.3 is 29.4 Å².